The molecule has 0 aromatic heterocycles. The summed E-state index contributed by atoms with van der Waals surface area (Å²) in [6, 6.07) is 0. The van der Waals surface area contributed by atoms with Crippen molar-refractivity contribution in [3.63, 3.8) is 0 Å². The van der Waals surface area contributed by atoms with Crippen LogP contribution >= 0.6 is 0 Å². The Bertz CT molecular complexity index is 251. The van der Waals surface area contributed by atoms with E-state index in [0.29, 0.717) is 0 Å². The SMILES string of the molecule is [2H]C([2H])=CC=CC=CC=CC=CC. The highest BCUT2D eigenvalue weighted by molar-refractivity contribution is 5.16. The summed E-state index contributed by atoms with van der Waals surface area (Å²) < 4.78 is 13.6. The second kappa shape index (κ2) is 8.70. The summed E-state index contributed by atoms with van der Waals surface area (Å²) in [7, 11) is 0. The Morgan fingerprint density at radius 1 is 0.909 bits per heavy atom. The van der Waals surface area contributed by atoms with E-state index in [1.807, 2.05) is 43.4 Å². The van der Waals surface area contributed by atoms with Crippen LogP contribution in [-0.2, 0) is 0 Å². The lowest BCUT2D eigenvalue weighted by Crippen LogP contribution is -1.49. The molecule has 0 aliphatic rings. The van der Waals surface area contributed by atoms with Gasteiger partial charge >= 0.3 is 0 Å². The molecule has 0 N–H and O–H groups in total. The van der Waals surface area contributed by atoms with Gasteiger partial charge in [0.15, 0.2) is 0 Å². The molecule has 0 amide bonds. The smallest absolute Gasteiger partial charge is 0.0538 e. The molecule has 0 fully saturated rings. The van der Waals surface area contributed by atoms with E-state index in [0.717, 1.165) is 0 Å². The summed E-state index contributed by atoms with van der Waals surface area (Å²) in [5.41, 5.74) is 0. The normalized spacial score (nSPS) is 15.0. The van der Waals surface area contributed by atoms with E-state index < -0.39 is 0 Å². The van der Waals surface area contributed by atoms with E-state index in [9.17, 15) is 0 Å². The molecule has 11 heavy (non-hydrogen) atoms. The first kappa shape index (κ1) is 6.41. The van der Waals surface area contributed by atoms with Crippen molar-refractivity contribution >= 4 is 0 Å². The fourth-order valence-electron chi connectivity index (χ4n) is 0.487. The molecular weight excluding hydrogens is 132 g/mol. The molecule has 0 aliphatic heterocycles. The van der Waals surface area contributed by atoms with Gasteiger partial charge in [-0.2, -0.15) is 0 Å². The highest BCUT2D eigenvalue weighted by Crippen LogP contribution is 1.81. The number of allylic oxidation sites excluding steroid dienone is 9. The molecule has 0 atom stereocenters. The quantitative estimate of drug-likeness (QED) is 0.536. The van der Waals surface area contributed by atoms with Crippen LogP contribution in [0.15, 0.2) is 61.2 Å². The minimum absolute atomic E-state index is 0.186. The number of rotatable bonds is 4. The summed E-state index contributed by atoms with van der Waals surface area (Å²) in [5.74, 6) is 0. The molecule has 0 aromatic rings. The third-order valence-electron chi connectivity index (χ3n) is 0.955. The first-order chi connectivity index (χ1) is 6.27. The maximum atomic E-state index is 6.78. The van der Waals surface area contributed by atoms with Crippen molar-refractivity contribution < 1.29 is 2.74 Å². The second-order valence-electron chi connectivity index (χ2n) is 1.85. The van der Waals surface area contributed by atoms with Crippen molar-refractivity contribution in [3.05, 3.63) is 61.2 Å². The average molecular weight is 148 g/mol. The Morgan fingerprint density at radius 3 is 2.00 bits per heavy atom. The maximum absolute atomic E-state index is 6.78. The lowest BCUT2D eigenvalue weighted by molar-refractivity contribution is 1.73. The first-order valence-corrected chi connectivity index (χ1v) is 3.53. The minimum atomic E-state index is -0.186. The van der Waals surface area contributed by atoms with E-state index in [2.05, 4.69) is 0 Å². The summed E-state index contributed by atoms with van der Waals surface area (Å²) in [4.78, 5) is 0. The van der Waals surface area contributed by atoms with Gasteiger partial charge in [0.05, 0.1) is 2.74 Å². The van der Waals surface area contributed by atoms with Crippen LogP contribution in [-0.4, -0.2) is 0 Å². The Kier molecular flexibility index (Phi) is 5.07. The molecule has 0 heterocycles. The van der Waals surface area contributed by atoms with Gasteiger partial charge in [0.1, 0.15) is 0 Å². The summed E-state index contributed by atoms with van der Waals surface area (Å²) in [6.45, 7) is 1.78. The Balaban J connectivity index is 3.75. The van der Waals surface area contributed by atoms with Crippen LogP contribution in [0.2, 0.25) is 0 Å². The standard InChI is InChI=1S/C11H14/c1-3-5-7-9-11-10-8-6-4-2/h3-11H,1H2,2H3/i1D2. The molecule has 0 radical (unpaired) electrons. The van der Waals surface area contributed by atoms with Crippen LogP contribution in [0.1, 0.15) is 9.67 Å². The number of hydrogen-bond donors (Lipinski definition) is 0. The molecule has 0 rings (SSSR count). The zero-order chi connectivity index (χ0) is 9.94. The zero-order valence-electron chi connectivity index (χ0n) is 8.70. The molecule has 58 valence electrons. The molecule has 0 aromatic carbocycles. The van der Waals surface area contributed by atoms with Crippen molar-refractivity contribution in [1.29, 1.82) is 0 Å². The Morgan fingerprint density at radius 2 is 1.45 bits per heavy atom. The predicted octanol–water partition coefficient (Wildman–Crippen LogP) is 3.42. The van der Waals surface area contributed by atoms with Crippen LogP contribution in [0.5, 0.6) is 0 Å². The molecule has 0 heteroatoms. The van der Waals surface area contributed by atoms with Gasteiger partial charge < -0.3 is 0 Å². The zero-order valence-corrected chi connectivity index (χ0v) is 6.70. The van der Waals surface area contributed by atoms with Gasteiger partial charge in [0.25, 0.3) is 0 Å². The van der Waals surface area contributed by atoms with E-state index >= 15 is 0 Å². The van der Waals surface area contributed by atoms with Gasteiger partial charge in [-0.05, 0) is 6.92 Å². The first-order valence-electron chi connectivity index (χ1n) is 4.53. The molecular formula is C11H14. The minimum Gasteiger partial charge on any atom is -0.0991 e. The average Bonchev–Trinajstić information content (AvgIpc) is 2.09. The molecule has 0 saturated heterocycles. The van der Waals surface area contributed by atoms with Crippen LogP contribution in [0.25, 0.3) is 0 Å². The molecule has 0 bridgehead atoms. The van der Waals surface area contributed by atoms with Crippen molar-refractivity contribution in [1.82, 2.24) is 0 Å². The van der Waals surface area contributed by atoms with Crippen molar-refractivity contribution in [3.8, 4) is 0 Å². The van der Waals surface area contributed by atoms with E-state index in [-0.39, 0.29) is 6.53 Å². The van der Waals surface area contributed by atoms with Gasteiger partial charge in [-0.1, -0.05) is 61.2 Å². The van der Waals surface area contributed by atoms with Gasteiger partial charge in [0.2, 0.25) is 0 Å². The van der Waals surface area contributed by atoms with E-state index in [1.165, 1.54) is 6.08 Å². The lowest BCUT2D eigenvalue weighted by Gasteiger charge is -1.71. The largest absolute Gasteiger partial charge is 0.0991 e. The summed E-state index contributed by atoms with van der Waals surface area (Å²) in [5, 5.41) is 0. The molecule has 0 aliphatic carbocycles. The third-order valence-corrected chi connectivity index (χ3v) is 0.955. The Hall–Kier alpha value is -1.30. The van der Waals surface area contributed by atoms with Crippen LogP contribution in [0.3, 0.4) is 0 Å². The fourth-order valence-corrected chi connectivity index (χ4v) is 0.487. The van der Waals surface area contributed by atoms with Crippen LogP contribution in [0, 0.1) is 0 Å². The van der Waals surface area contributed by atoms with E-state index in [4.69, 9.17) is 2.74 Å². The van der Waals surface area contributed by atoms with Crippen molar-refractivity contribution in [2.75, 3.05) is 0 Å². The third kappa shape index (κ3) is 8.70. The van der Waals surface area contributed by atoms with Gasteiger partial charge in [0, 0.05) is 0 Å². The highest BCUT2D eigenvalue weighted by Gasteiger charge is 1.59. The summed E-state index contributed by atoms with van der Waals surface area (Å²) >= 11 is 0. The highest BCUT2D eigenvalue weighted by atomic mass is 13.7. The van der Waals surface area contributed by atoms with E-state index in [1.54, 1.807) is 12.2 Å². The molecule has 0 spiro atoms. The lowest BCUT2D eigenvalue weighted by atomic mass is 10.4. The monoisotopic (exact) mass is 148 g/mol. The molecule has 0 unspecified atom stereocenters. The molecule has 0 saturated carbocycles. The van der Waals surface area contributed by atoms with Crippen molar-refractivity contribution in [2.24, 2.45) is 0 Å². The Labute approximate surface area is 71.8 Å². The second-order valence-corrected chi connectivity index (χ2v) is 1.85. The van der Waals surface area contributed by atoms with Gasteiger partial charge in [-0.25, -0.2) is 0 Å². The van der Waals surface area contributed by atoms with Crippen LogP contribution < -0.4 is 0 Å². The summed E-state index contributed by atoms with van der Waals surface area (Å²) in [6.07, 6.45) is 16.3. The maximum Gasteiger partial charge on any atom is 0.0538 e. The number of hydrogen-bond acceptors (Lipinski definition) is 0. The predicted molar refractivity (Wildman–Crippen MR) is 52.4 cm³/mol. The topological polar surface area (TPSA) is 0 Å². The van der Waals surface area contributed by atoms with Gasteiger partial charge in [-0.3, -0.25) is 0 Å². The van der Waals surface area contributed by atoms with Gasteiger partial charge in [-0.15, -0.1) is 0 Å². The molecule has 0 nitrogen and oxygen atoms in total. The fraction of sp³-hybridized carbons (Fsp3) is 0.0909. The van der Waals surface area contributed by atoms with Crippen LogP contribution in [0.4, 0.5) is 0 Å². The van der Waals surface area contributed by atoms with Crippen molar-refractivity contribution in [2.45, 2.75) is 6.92 Å².